The molecule has 0 aliphatic heterocycles. The Labute approximate surface area is 71.0 Å². The summed E-state index contributed by atoms with van der Waals surface area (Å²) in [6, 6.07) is -0.647. The summed E-state index contributed by atoms with van der Waals surface area (Å²) in [4.78, 5) is 10.4. The summed E-state index contributed by atoms with van der Waals surface area (Å²) in [5, 5.41) is 28.5. The monoisotopic (exact) mass is 177 g/mol. The molecular weight excluding hydrogens is 162 g/mol. The number of carbonyl (C=O) groups is 1. The minimum absolute atomic E-state index is 0.0985. The Bertz CT molecular complexity index is 139. The molecule has 12 heavy (non-hydrogen) atoms. The van der Waals surface area contributed by atoms with Crippen LogP contribution in [-0.2, 0) is 4.79 Å². The van der Waals surface area contributed by atoms with Crippen LogP contribution < -0.4 is 5.32 Å². The van der Waals surface area contributed by atoms with Gasteiger partial charge in [-0.3, -0.25) is 4.79 Å². The van der Waals surface area contributed by atoms with Crippen molar-refractivity contribution in [2.24, 2.45) is 0 Å². The van der Waals surface area contributed by atoms with Gasteiger partial charge in [0.25, 0.3) is 0 Å². The number of aliphatic carboxylic acids is 1. The highest BCUT2D eigenvalue weighted by atomic mass is 16.4. The topological polar surface area (TPSA) is 89.8 Å². The van der Waals surface area contributed by atoms with Crippen LogP contribution in [0, 0.1) is 0 Å². The lowest BCUT2D eigenvalue weighted by atomic mass is 10.2. The summed E-state index contributed by atoms with van der Waals surface area (Å²) >= 11 is 0. The molecule has 0 aliphatic rings. The van der Waals surface area contributed by atoms with Crippen LogP contribution in [0.2, 0.25) is 0 Å². The SMILES string of the molecule is CCC(NCC(O)CO)C(=O)O. The number of nitrogens with one attached hydrogen (secondary N) is 1. The molecule has 0 aliphatic carbocycles. The van der Waals surface area contributed by atoms with Gasteiger partial charge in [0.1, 0.15) is 6.04 Å². The van der Waals surface area contributed by atoms with Gasteiger partial charge in [-0.05, 0) is 6.42 Å². The van der Waals surface area contributed by atoms with Crippen LogP contribution in [0.15, 0.2) is 0 Å². The molecule has 0 spiro atoms. The predicted molar refractivity (Wildman–Crippen MR) is 42.8 cm³/mol. The molecule has 0 rings (SSSR count). The molecule has 0 heterocycles. The highest BCUT2D eigenvalue weighted by molar-refractivity contribution is 5.73. The van der Waals surface area contributed by atoms with E-state index in [0.29, 0.717) is 6.42 Å². The number of carboxylic acids is 1. The highest BCUT2D eigenvalue weighted by Crippen LogP contribution is 1.90. The van der Waals surface area contributed by atoms with Crippen LogP contribution in [-0.4, -0.2) is 46.6 Å². The number of carboxylic acid groups (broad SMARTS) is 1. The molecule has 72 valence electrons. The van der Waals surface area contributed by atoms with E-state index in [1.54, 1.807) is 6.92 Å². The average molecular weight is 177 g/mol. The first-order chi connectivity index (χ1) is 5.61. The first-order valence-electron chi connectivity index (χ1n) is 3.86. The fraction of sp³-hybridized carbons (Fsp3) is 0.857. The number of hydrogen-bond donors (Lipinski definition) is 4. The number of rotatable bonds is 6. The summed E-state index contributed by atoms with van der Waals surface area (Å²) in [6.07, 6.45) is -0.439. The van der Waals surface area contributed by atoms with Gasteiger partial charge >= 0.3 is 5.97 Å². The second-order valence-corrected chi connectivity index (χ2v) is 2.54. The van der Waals surface area contributed by atoms with Crippen molar-refractivity contribution in [3.8, 4) is 0 Å². The minimum Gasteiger partial charge on any atom is -0.480 e. The fourth-order valence-corrected chi connectivity index (χ4v) is 0.749. The molecule has 0 aromatic rings. The number of aliphatic hydroxyl groups excluding tert-OH is 2. The van der Waals surface area contributed by atoms with Crippen molar-refractivity contribution in [2.45, 2.75) is 25.5 Å². The summed E-state index contributed by atoms with van der Waals surface area (Å²) in [7, 11) is 0. The van der Waals surface area contributed by atoms with E-state index in [4.69, 9.17) is 15.3 Å². The van der Waals surface area contributed by atoms with Crippen LogP contribution in [0.25, 0.3) is 0 Å². The Morgan fingerprint density at radius 2 is 2.17 bits per heavy atom. The van der Waals surface area contributed by atoms with Crippen LogP contribution in [0.1, 0.15) is 13.3 Å². The van der Waals surface area contributed by atoms with Crippen LogP contribution >= 0.6 is 0 Å². The molecule has 0 bridgehead atoms. The minimum atomic E-state index is -0.942. The third kappa shape index (κ3) is 4.27. The van der Waals surface area contributed by atoms with Gasteiger partial charge in [0.05, 0.1) is 12.7 Å². The molecule has 0 saturated heterocycles. The molecule has 0 fully saturated rings. The van der Waals surface area contributed by atoms with Crippen molar-refractivity contribution in [3.63, 3.8) is 0 Å². The van der Waals surface area contributed by atoms with Crippen molar-refractivity contribution in [1.82, 2.24) is 5.32 Å². The van der Waals surface area contributed by atoms with E-state index in [-0.39, 0.29) is 13.2 Å². The zero-order valence-corrected chi connectivity index (χ0v) is 7.03. The van der Waals surface area contributed by atoms with Gasteiger partial charge < -0.3 is 20.6 Å². The summed E-state index contributed by atoms with van der Waals surface area (Å²) < 4.78 is 0. The van der Waals surface area contributed by atoms with Gasteiger partial charge in [0.2, 0.25) is 0 Å². The van der Waals surface area contributed by atoms with E-state index in [0.717, 1.165) is 0 Å². The van der Waals surface area contributed by atoms with Gasteiger partial charge in [-0.25, -0.2) is 0 Å². The van der Waals surface area contributed by atoms with Gasteiger partial charge in [-0.15, -0.1) is 0 Å². The maximum absolute atomic E-state index is 10.4. The molecule has 2 unspecified atom stereocenters. The first kappa shape index (κ1) is 11.4. The van der Waals surface area contributed by atoms with E-state index >= 15 is 0 Å². The lowest BCUT2D eigenvalue weighted by Crippen LogP contribution is -2.41. The van der Waals surface area contributed by atoms with Crippen LogP contribution in [0.4, 0.5) is 0 Å². The highest BCUT2D eigenvalue weighted by Gasteiger charge is 2.14. The molecule has 0 saturated carbocycles. The van der Waals surface area contributed by atoms with E-state index in [1.165, 1.54) is 0 Å². The van der Waals surface area contributed by atoms with Gasteiger partial charge in [-0.2, -0.15) is 0 Å². The van der Waals surface area contributed by atoms with E-state index < -0.39 is 18.1 Å². The van der Waals surface area contributed by atoms with E-state index in [2.05, 4.69) is 5.32 Å². The Balaban J connectivity index is 3.65. The largest absolute Gasteiger partial charge is 0.480 e. The number of aliphatic hydroxyl groups is 2. The van der Waals surface area contributed by atoms with Crippen molar-refractivity contribution in [1.29, 1.82) is 0 Å². The lowest BCUT2D eigenvalue weighted by molar-refractivity contribution is -0.139. The molecule has 0 aromatic heterocycles. The van der Waals surface area contributed by atoms with Crippen molar-refractivity contribution in [3.05, 3.63) is 0 Å². The van der Waals surface area contributed by atoms with Gasteiger partial charge in [0, 0.05) is 6.54 Å². The average Bonchev–Trinajstić information content (AvgIpc) is 2.04. The van der Waals surface area contributed by atoms with Gasteiger partial charge in [-0.1, -0.05) is 6.92 Å². The molecule has 0 aromatic carbocycles. The summed E-state index contributed by atoms with van der Waals surface area (Å²) in [5.41, 5.74) is 0. The zero-order valence-electron chi connectivity index (χ0n) is 7.03. The van der Waals surface area contributed by atoms with Crippen molar-refractivity contribution in [2.75, 3.05) is 13.2 Å². The Hall–Kier alpha value is -0.650. The predicted octanol–water partition coefficient (Wildman–Crippen LogP) is -1.21. The van der Waals surface area contributed by atoms with Crippen LogP contribution in [0.5, 0.6) is 0 Å². The summed E-state index contributed by atoms with van der Waals surface area (Å²) in [5.74, 6) is -0.942. The second kappa shape index (κ2) is 5.93. The number of hydrogen-bond acceptors (Lipinski definition) is 4. The third-order valence-corrected chi connectivity index (χ3v) is 1.52. The standard InChI is InChI=1S/C7H15NO4/c1-2-6(7(11)12)8-3-5(10)4-9/h5-6,8-10H,2-4H2,1H3,(H,11,12). The molecule has 4 N–H and O–H groups in total. The third-order valence-electron chi connectivity index (χ3n) is 1.52. The Morgan fingerprint density at radius 1 is 1.58 bits per heavy atom. The quantitative estimate of drug-likeness (QED) is 0.409. The maximum Gasteiger partial charge on any atom is 0.320 e. The van der Waals surface area contributed by atoms with Gasteiger partial charge in [0.15, 0.2) is 0 Å². The van der Waals surface area contributed by atoms with Crippen LogP contribution in [0.3, 0.4) is 0 Å². The van der Waals surface area contributed by atoms with E-state index in [1.807, 2.05) is 0 Å². The zero-order chi connectivity index (χ0) is 9.56. The molecule has 2 atom stereocenters. The summed E-state index contributed by atoms with van der Waals surface area (Å²) in [6.45, 7) is 1.47. The maximum atomic E-state index is 10.4. The lowest BCUT2D eigenvalue weighted by Gasteiger charge is -2.14. The first-order valence-corrected chi connectivity index (χ1v) is 3.86. The molecule has 0 radical (unpaired) electrons. The molecule has 0 amide bonds. The van der Waals surface area contributed by atoms with Crippen molar-refractivity contribution >= 4 is 5.97 Å². The van der Waals surface area contributed by atoms with Crippen molar-refractivity contribution < 1.29 is 20.1 Å². The molecule has 5 nitrogen and oxygen atoms in total. The van der Waals surface area contributed by atoms with E-state index in [9.17, 15) is 4.79 Å². The smallest absolute Gasteiger partial charge is 0.320 e. The molecular formula is C7H15NO4. The fourth-order valence-electron chi connectivity index (χ4n) is 0.749. The Kier molecular flexibility index (Phi) is 5.61. The molecule has 5 heteroatoms. The Morgan fingerprint density at radius 3 is 2.50 bits per heavy atom. The second-order valence-electron chi connectivity index (χ2n) is 2.54. The normalized spacial score (nSPS) is 15.6.